The lowest BCUT2D eigenvalue weighted by Crippen LogP contribution is -2.43. The Balaban J connectivity index is 2.88. The normalized spacial score (nSPS) is 18.4. The van der Waals surface area contributed by atoms with Gasteiger partial charge in [-0.05, 0) is 20.8 Å². The van der Waals surface area contributed by atoms with Crippen LogP contribution in [0.2, 0.25) is 0 Å². The van der Waals surface area contributed by atoms with Crippen molar-refractivity contribution in [2.45, 2.75) is 51.2 Å². The highest BCUT2D eigenvalue weighted by Crippen LogP contribution is 2.19. The van der Waals surface area contributed by atoms with E-state index < -0.39 is 31.0 Å². The number of aliphatic hydroxyl groups excluding tert-OH is 5. The van der Waals surface area contributed by atoms with Gasteiger partial charge in [0.15, 0.2) is 5.82 Å². The molecule has 8 heteroatoms. The summed E-state index contributed by atoms with van der Waals surface area (Å²) in [6.45, 7) is 4.75. The summed E-state index contributed by atoms with van der Waals surface area (Å²) < 4.78 is 1.57. The summed E-state index contributed by atoms with van der Waals surface area (Å²) in [5.74, 6) is 0.524. The van der Waals surface area contributed by atoms with Gasteiger partial charge in [-0.3, -0.25) is 0 Å². The quantitative estimate of drug-likeness (QED) is 0.417. The van der Waals surface area contributed by atoms with Gasteiger partial charge in [0, 0.05) is 6.04 Å². The highest BCUT2D eigenvalue weighted by molar-refractivity contribution is 4.99. The fourth-order valence-electron chi connectivity index (χ4n) is 1.71. The van der Waals surface area contributed by atoms with Crippen LogP contribution in [-0.2, 0) is 0 Å². The summed E-state index contributed by atoms with van der Waals surface area (Å²) in [6, 6.07) is 0.0403. The highest BCUT2D eigenvalue weighted by Gasteiger charge is 2.33. The first-order valence-corrected chi connectivity index (χ1v) is 6.05. The Morgan fingerprint density at radius 2 is 1.68 bits per heavy atom. The maximum absolute atomic E-state index is 9.88. The van der Waals surface area contributed by atoms with Crippen LogP contribution in [-0.4, -0.2) is 65.2 Å². The first-order chi connectivity index (χ1) is 8.79. The van der Waals surface area contributed by atoms with Gasteiger partial charge in [-0.15, -0.1) is 0 Å². The fourth-order valence-corrected chi connectivity index (χ4v) is 1.71. The second kappa shape index (κ2) is 6.40. The Kier molecular flexibility index (Phi) is 5.39. The van der Waals surface area contributed by atoms with Crippen LogP contribution < -0.4 is 0 Å². The molecule has 1 rings (SSSR count). The number of nitrogens with zero attached hydrogens (tertiary/aromatic N) is 3. The van der Waals surface area contributed by atoms with Crippen molar-refractivity contribution < 1.29 is 25.5 Å². The Hall–Kier alpha value is -1.06. The van der Waals surface area contributed by atoms with Crippen molar-refractivity contribution in [3.8, 4) is 0 Å². The predicted molar refractivity (Wildman–Crippen MR) is 65.2 cm³/mol. The lowest BCUT2D eigenvalue weighted by atomic mass is 10.0. The minimum absolute atomic E-state index is 0.0390. The summed E-state index contributed by atoms with van der Waals surface area (Å²) in [5, 5.41) is 51.1. The van der Waals surface area contributed by atoms with Gasteiger partial charge in [-0.1, -0.05) is 0 Å². The average Bonchev–Trinajstić information content (AvgIpc) is 2.77. The largest absolute Gasteiger partial charge is 0.394 e. The topological polar surface area (TPSA) is 132 Å². The number of aromatic nitrogens is 3. The molecule has 1 heterocycles. The van der Waals surface area contributed by atoms with Crippen LogP contribution in [0.25, 0.3) is 0 Å². The molecule has 0 saturated carbocycles. The molecule has 0 spiro atoms. The summed E-state index contributed by atoms with van der Waals surface area (Å²) in [6.07, 6.45) is -6.47. The SMILES string of the molecule is Cc1nc([C@@H](O)[C@@H](O)[C@H](O)[C@H](O)CO)nn1C(C)C. The minimum atomic E-state index is -1.69. The molecule has 110 valence electrons. The Morgan fingerprint density at radius 1 is 1.11 bits per heavy atom. The molecule has 0 saturated heterocycles. The zero-order valence-electron chi connectivity index (χ0n) is 11.2. The van der Waals surface area contributed by atoms with Gasteiger partial charge in [0.1, 0.15) is 30.2 Å². The van der Waals surface area contributed by atoms with Crippen molar-refractivity contribution in [1.82, 2.24) is 14.8 Å². The first kappa shape index (κ1) is 16.0. The molecule has 1 aromatic heterocycles. The van der Waals surface area contributed by atoms with E-state index in [0.29, 0.717) is 5.82 Å². The zero-order chi connectivity index (χ0) is 14.7. The molecule has 0 unspecified atom stereocenters. The van der Waals surface area contributed by atoms with Gasteiger partial charge < -0.3 is 25.5 Å². The highest BCUT2D eigenvalue weighted by atomic mass is 16.4. The summed E-state index contributed by atoms with van der Waals surface area (Å²) in [4.78, 5) is 4.01. The van der Waals surface area contributed by atoms with E-state index >= 15 is 0 Å². The number of hydrogen-bond acceptors (Lipinski definition) is 7. The number of aryl methyl sites for hydroxylation is 1. The number of hydrogen-bond donors (Lipinski definition) is 5. The molecule has 4 atom stereocenters. The maximum atomic E-state index is 9.88. The van der Waals surface area contributed by atoms with Gasteiger partial charge >= 0.3 is 0 Å². The molecule has 8 nitrogen and oxygen atoms in total. The van der Waals surface area contributed by atoms with E-state index in [1.807, 2.05) is 13.8 Å². The van der Waals surface area contributed by atoms with Gasteiger partial charge in [0.2, 0.25) is 0 Å². The number of aliphatic hydroxyl groups is 5. The van der Waals surface area contributed by atoms with E-state index in [2.05, 4.69) is 10.1 Å². The summed E-state index contributed by atoms with van der Waals surface area (Å²) in [5.41, 5.74) is 0. The average molecular weight is 275 g/mol. The van der Waals surface area contributed by atoms with Gasteiger partial charge in [-0.2, -0.15) is 5.10 Å². The monoisotopic (exact) mass is 275 g/mol. The zero-order valence-corrected chi connectivity index (χ0v) is 11.2. The van der Waals surface area contributed by atoms with Crippen LogP contribution in [0.5, 0.6) is 0 Å². The van der Waals surface area contributed by atoms with Gasteiger partial charge in [0.25, 0.3) is 0 Å². The van der Waals surface area contributed by atoms with Crippen LogP contribution in [0.3, 0.4) is 0 Å². The molecule has 0 amide bonds. The molecule has 0 aliphatic rings. The van der Waals surface area contributed by atoms with E-state index in [-0.39, 0.29) is 11.9 Å². The van der Waals surface area contributed by atoms with Crippen LogP contribution in [0.1, 0.15) is 37.6 Å². The molecule has 0 fully saturated rings. The lowest BCUT2D eigenvalue weighted by Gasteiger charge is -2.24. The molecule has 0 bridgehead atoms. The summed E-state index contributed by atoms with van der Waals surface area (Å²) >= 11 is 0. The predicted octanol–water partition coefficient (Wildman–Crippen LogP) is -1.72. The van der Waals surface area contributed by atoms with Crippen molar-refractivity contribution in [3.05, 3.63) is 11.6 Å². The van der Waals surface area contributed by atoms with Crippen molar-refractivity contribution in [2.24, 2.45) is 0 Å². The van der Waals surface area contributed by atoms with Crippen molar-refractivity contribution in [1.29, 1.82) is 0 Å². The molecule has 1 aromatic rings. The molecule has 5 N–H and O–H groups in total. The van der Waals surface area contributed by atoms with E-state index in [9.17, 15) is 20.4 Å². The standard InChI is InChI=1S/C11H21N3O5/c1-5(2)14-6(3)12-11(13-14)10(19)9(18)8(17)7(16)4-15/h5,7-10,15-19H,4H2,1-3H3/t7-,8-,9+,10+/m1/s1. The Labute approximate surface area is 111 Å². The molecule has 0 aliphatic heterocycles. The smallest absolute Gasteiger partial charge is 0.182 e. The van der Waals surface area contributed by atoms with Gasteiger partial charge in [-0.25, -0.2) is 9.67 Å². The van der Waals surface area contributed by atoms with Crippen LogP contribution >= 0.6 is 0 Å². The van der Waals surface area contributed by atoms with E-state index in [4.69, 9.17) is 5.11 Å². The van der Waals surface area contributed by atoms with Crippen LogP contribution in [0.4, 0.5) is 0 Å². The van der Waals surface area contributed by atoms with E-state index in [0.717, 1.165) is 0 Å². The first-order valence-electron chi connectivity index (χ1n) is 6.05. The minimum Gasteiger partial charge on any atom is -0.394 e. The maximum Gasteiger partial charge on any atom is 0.182 e. The molecule has 0 aliphatic carbocycles. The lowest BCUT2D eigenvalue weighted by molar-refractivity contribution is -0.118. The third-order valence-electron chi connectivity index (χ3n) is 2.83. The summed E-state index contributed by atoms with van der Waals surface area (Å²) in [7, 11) is 0. The van der Waals surface area contributed by atoms with E-state index in [1.165, 1.54) is 0 Å². The second-order valence-corrected chi connectivity index (χ2v) is 4.73. The fraction of sp³-hybridized carbons (Fsp3) is 0.818. The molecular formula is C11H21N3O5. The van der Waals surface area contributed by atoms with Gasteiger partial charge in [0.05, 0.1) is 6.61 Å². The van der Waals surface area contributed by atoms with Crippen molar-refractivity contribution >= 4 is 0 Å². The molecular weight excluding hydrogens is 254 g/mol. The Morgan fingerprint density at radius 3 is 2.11 bits per heavy atom. The van der Waals surface area contributed by atoms with Crippen molar-refractivity contribution in [3.63, 3.8) is 0 Å². The third kappa shape index (κ3) is 3.48. The molecule has 19 heavy (non-hydrogen) atoms. The molecule has 0 radical (unpaired) electrons. The van der Waals surface area contributed by atoms with Crippen LogP contribution in [0, 0.1) is 6.92 Å². The van der Waals surface area contributed by atoms with Crippen molar-refractivity contribution in [2.75, 3.05) is 6.61 Å². The third-order valence-corrected chi connectivity index (χ3v) is 2.83. The molecule has 0 aromatic carbocycles. The van der Waals surface area contributed by atoms with Crippen LogP contribution in [0.15, 0.2) is 0 Å². The second-order valence-electron chi connectivity index (χ2n) is 4.73. The Bertz CT molecular complexity index is 409. The van der Waals surface area contributed by atoms with E-state index in [1.54, 1.807) is 11.6 Å². The number of rotatable bonds is 6.